The smallest absolute Gasteiger partial charge is 0.256 e. The van der Waals surface area contributed by atoms with Crippen LogP contribution in [0.25, 0.3) is 0 Å². The van der Waals surface area contributed by atoms with Crippen LogP contribution in [0.5, 0.6) is 0 Å². The van der Waals surface area contributed by atoms with Gasteiger partial charge in [-0.1, -0.05) is 17.7 Å². The molecule has 0 spiro atoms. The Hall–Kier alpha value is -2.10. The highest BCUT2D eigenvalue weighted by atomic mass is 16.1. The van der Waals surface area contributed by atoms with E-state index in [2.05, 4.69) is 15.5 Å². The first-order chi connectivity index (χ1) is 7.66. The number of hydrogen-bond acceptors (Lipinski definition) is 2. The summed E-state index contributed by atoms with van der Waals surface area (Å²) in [6.07, 6.45) is 1.67. The first kappa shape index (κ1) is 10.4. The second kappa shape index (κ2) is 4.18. The molecule has 0 fully saturated rings. The minimum atomic E-state index is -0.129. The van der Waals surface area contributed by atoms with Crippen molar-refractivity contribution in [2.24, 2.45) is 0 Å². The number of rotatable bonds is 2. The lowest BCUT2D eigenvalue weighted by Gasteiger charge is -2.04. The maximum absolute atomic E-state index is 11.9. The van der Waals surface area contributed by atoms with Gasteiger partial charge in [0, 0.05) is 11.1 Å². The molecule has 0 aliphatic rings. The molecule has 1 heterocycles. The standard InChI is InChI=1S/C12H13N3O/c1-8-4-3-5-10(6-8)12(16)14-11-9(2)7-13-15-11/h3-7H,1-2H3,(H2,13,14,15,16). The van der Waals surface area contributed by atoms with Crippen LogP contribution in [0.4, 0.5) is 5.82 Å². The van der Waals surface area contributed by atoms with E-state index in [0.29, 0.717) is 11.4 Å². The van der Waals surface area contributed by atoms with Gasteiger partial charge >= 0.3 is 0 Å². The lowest BCUT2D eigenvalue weighted by Crippen LogP contribution is -2.12. The van der Waals surface area contributed by atoms with Crippen LogP contribution in [-0.2, 0) is 0 Å². The third kappa shape index (κ3) is 2.11. The summed E-state index contributed by atoms with van der Waals surface area (Å²) in [7, 11) is 0. The molecule has 0 unspecified atom stereocenters. The van der Waals surface area contributed by atoms with E-state index in [1.54, 1.807) is 12.3 Å². The summed E-state index contributed by atoms with van der Waals surface area (Å²) in [6.45, 7) is 3.84. The molecule has 1 amide bonds. The van der Waals surface area contributed by atoms with Gasteiger partial charge in [-0.05, 0) is 26.0 Å². The van der Waals surface area contributed by atoms with Crippen molar-refractivity contribution < 1.29 is 4.79 Å². The quantitative estimate of drug-likeness (QED) is 0.807. The average molecular weight is 215 g/mol. The van der Waals surface area contributed by atoms with E-state index in [1.165, 1.54) is 0 Å². The molecule has 1 aromatic carbocycles. The molecule has 0 aliphatic carbocycles. The van der Waals surface area contributed by atoms with Gasteiger partial charge in [-0.3, -0.25) is 9.89 Å². The number of benzene rings is 1. The Morgan fingerprint density at radius 3 is 2.81 bits per heavy atom. The molecule has 2 rings (SSSR count). The van der Waals surface area contributed by atoms with Crippen molar-refractivity contribution in [1.82, 2.24) is 10.2 Å². The zero-order chi connectivity index (χ0) is 11.5. The topological polar surface area (TPSA) is 57.8 Å². The van der Waals surface area contributed by atoms with Gasteiger partial charge in [-0.25, -0.2) is 0 Å². The van der Waals surface area contributed by atoms with E-state index in [4.69, 9.17) is 0 Å². The Bertz CT molecular complexity index is 516. The van der Waals surface area contributed by atoms with Crippen LogP contribution in [0, 0.1) is 13.8 Å². The maximum Gasteiger partial charge on any atom is 0.256 e. The Morgan fingerprint density at radius 2 is 2.19 bits per heavy atom. The third-order valence-electron chi connectivity index (χ3n) is 2.35. The maximum atomic E-state index is 11.9. The molecule has 2 N–H and O–H groups in total. The normalized spacial score (nSPS) is 10.1. The summed E-state index contributed by atoms with van der Waals surface area (Å²) >= 11 is 0. The second-order valence-electron chi connectivity index (χ2n) is 3.75. The Kier molecular flexibility index (Phi) is 2.72. The van der Waals surface area contributed by atoms with Crippen LogP contribution in [0.15, 0.2) is 30.5 Å². The summed E-state index contributed by atoms with van der Waals surface area (Å²) in [5.74, 6) is 0.516. The van der Waals surface area contributed by atoms with E-state index in [0.717, 1.165) is 11.1 Å². The molecular formula is C12H13N3O. The fraction of sp³-hybridized carbons (Fsp3) is 0.167. The van der Waals surface area contributed by atoms with Crippen molar-refractivity contribution in [2.45, 2.75) is 13.8 Å². The lowest BCUT2D eigenvalue weighted by molar-refractivity contribution is 0.102. The fourth-order valence-electron chi connectivity index (χ4n) is 1.44. The fourth-order valence-corrected chi connectivity index (χ4v) is 1.44. The number of aromatic amines is 1. The molecule has 16 heavy (non-hydrogen) atoms. The molecule has 4 nitrogen and oxygen atoms in total. The summed E-state index contributed by atoms with van der Waals surface area (Å²) in [5, 5.41) is 9.36. The average Bonchev–Trinajstić information content (AvgIpc) is 2.64. The molecule has 0 bridgehead atoms. The largest absolute Gasteiger partial charge is 0.307 e. The molecule has 4 heteroatoms. The predicted octanol–water partition coefficient (Wildman–Crippen LogP) is 2.28. The minimum absolute atomic E-state index is 0.129. The molecule has 0 radical (unpaired) electrons. The van der Waals surface area contributed by atoms with E-state index >= 15 is 0 Å². The number of anilines is 1. The Balaban J connectivity index is 2.18. The number of aryl methyl sites for hydroxylation is 2. The third-order valence-corrected chi connectivity index (χ3v) is 2.35. The molecule has 2 aromatic rings. The number of nitrogens with one attached hydrogen (secondary N) is 2. The van der Waals surface area contributed by atoms with E-state index in [-0.39, 0.29) is 5.91 Å². The van der Waals surface area contributed by atoms with Gasteiger partial charge < -0.3 is 5.32 Å². The van der Waals surface area contributed by atoms with E-state index in [9.17, 15) is 4.79 Å². The van der Waals surface area contributed by atoms with Crippen molar-refractivity contribution in [3.05, 3.63) is 47.2 Å². The zero-order valence-electron chi connectivity index (χ0n) is 9.24. The van der Waals surface area contributed by atoms with Gasteiger partial charge in [0.15, 0.2) is 0 Å². The van der Waals surface area contributed by atoms with Crippen molar-refractivity contribution in [2.75, 3.05) is 5.32 Å². The number of hydrogen-bond donors (Lipinski definition) is 2. The van der Waals surface area contributed by atoms with Gasteiger partial charge in [-0.15, -0.1) is 0 Å². The Morgan fingerprint density at radius 1 is 1.38 bits per heavy atom. The van der Waals surface area contributed by atoms with Crippen molar-refractivity contribution in [1.29, 1.82) is 0 Å². The number of H-pyrrole nitrogens is 1. The number of aromatic nitrogens is 2. The van der Waals surface area contributed by atoms with Gasteiger partial charge in [0.05, 0.1) is 6.20 Å². The molecular weight excluding hydrogens is 202 g/mol. The summed E-state index contributed by atoms with van der Waals surface area (Å²) in [5.41, 5.74) is 2.63. The minimum Gasteiger partial charge on any atom is -0.307 e. The molecule has 0 aliphatic heterocycles. The summed E-state index contributed by atoms with van der Waals surface area (Å²) in [6, 6.07) is 7.46. The number of amides is 1. The van der Waals surface area contributed by atoms with Gasteiger partial charge in [0.2, 0.25) is 0 Å². The van der Waals surface area contributed by atoms with Crippen LogP contribution in [0.3, 0.4) is 0 Å². The first-order valence-electron chi connectivity index (χ1n) is 5.05. The summed E-state index contributed by atoms with van der Waals surface area (Å²) in [4.78, 5) is 11.9. The number of carbonyl (C=O) groups excluding carboxylic acids is 1. The molecule has 0 saturated heterocycles. The summed E-state index contributed by atoms with van der Waals surface area (Å²) < 4.78 is 0. The molecule has 0 saturated carbocycles. The van der Waals surface area contributed by atoms with Crippen molar-refractivity contribution >= 4 is 11.7 Å². The van der Waals surface area contributed by atoms with Gasteiger partial charge in [-0.2, -0.15) is 5.10 Å². The van der Waals surface area contributed by atoms with Gasteiger partial charge in [0.1, 0.15) is 5.82 Å². The zero-order valence-corrected chi connectivity index (χ0v) is 9.24. The van der Waals surface area contributed by atoms with Gasteiger partial charge in [0.25, 0.3) is 5.91 Å². The first-order valence-corrected chi connectivity index (χ1v) is 5.05. The highest BCUT2D eigenvalue weighted by Crippen LogP contribution is 2.11. The molecule has 0 atom stereocenters. The van der Waals surface area contributed by atoms with Crippen LogP contribution in [0.1, 0.15) is 21.5 Å². The van der Waals surface area contributed by atoms with E-state index < -0.39 is 0 Å². The number of carbonyl (C=O) groups is 1. The van der Waals surface area contributed by atoms with Crippen LogP contribution in [0.2, 0.25) is 0 Å². The van der Waals surface area contributed by atoms with Crippen molar-refractivity contribution in [3.8, 4) is 0 Å². The highest BCUT2D eigenvalue weighted by Gasteiger charge is 2.08. The predicted molar refractivity (Wildman–Crippen MR) is 62.5 cm³/mol. The molecule has 82 valence electrons. The van der Waals surface area contributed by atoms with Crippen molar-refractivity contribution in [3.63, 3.8) is 0 Å². The highest BCUT2D eigenvalue weighted by molar-refractivity contribution is 6.04. The number of nitrogens with zero attached hydrogens (tertiary/aromatic N) is 1. The monoisotopic (exact) mass is 215 g/mol. The lowest BCUT2D eigenvalue weighted by atomic mass is 10.1. The SMILES string of the molecule is Cc1cccc(C(=O)Nc2[nH]ncc2C)c1. The molecule has 1 aromatic heterocycles. The van der Waals surface area contributed by atoms with E-state index in [1.807, 2.05) is 32.0 Å². The van der Waals surface area contributed by atoms with Crippen LogP contribution >= 0.6 is 0 Å². The second-order valence-corrected chi connectivity index (χ2v) is 3.75. The van der Waals surface area contributed by atoms with Crippen LogP contribution in [-0.4, -0.2) is 16.1 Å². The van der Waals surface area contributed by atoms with Crippen LogP contribution < -0.4 is 5.32 Å². The Labute approximate surface area is 93.7 Å².